The lowest BCUT2D eigenvalue weighted by atomic mass is 10.0. The van der Waals surface area contributed by atoms with Crippen molar-refractivity contribution in [3.05, 3.63) is 12.7 Å². The molecule has 1 aliphatic heterocycles. The van der Waals surface area contributed by atoms with Crippen LogP contribution >= 0.6 is 0 Å². The highest BCUT2D eigenvalue weighted by Gasteiger charge is 2.40. The molecular weight excluding hydrogens is 204 g/mol. The second kappa shape index (κ2) is 5.14. The maximum absolute atomic E-state index is 12.1. The Morgan fingerprint density at radius 2 is 2.06 bits per heavy atom. The van der Waals surface area contributed by atoms with Crippen LogP contribution in [0.4, 0.5) is 0 Å². The quantitative estimate of drug-likeness (QED) is 0.726. The fraction of sp³-hybridized carbons (Fsp3) is 0.667. The largest absolute Gasteiger partial charge is 0.343 e. The van der Waals surface area contributed by atoms with Crippen LogP contribution in [0, 0.1) is 0 Å². The van der Waals surface area contributed by atoms with Crippen molar-refractivity contribution < 1.29 is 9.59 Å². The fourth-order valence-corrected chi connectivity index (χ4v) is 2.05. The van der Waals surface area contributed by atoms with Crippen LogP contribution in [0.2, 0.25) is 0 Å². The van der Waals surface area contributed by atoms with E-state index in [-0.39, 0.29) is 29.9 Å². The molecule has 0 aromatic heterocycles. The lowest BCUT2D eigenvalue weighted by Gasteiger charge is -2.41. The summed E-state index contributed by atoms with van der Waals surface area (Å²) in [6, 6.07) is -0.835. The molecule has 16 heavy (non-hydrogen) atoms. The minimum Gasteiger partial charge on any atom is -0.343 e. The molecule has 0 spiro atoms. The number of hydrogen-bond acceptors (Lipinski definition) is 2. The van der Waals surface area contributed by atoms with Crippen molar-refractivity contribution >= 4 is 11.8 Å². The molecule has 0 saturated carbocycles. The summed E-state index contributed by atoms with van der Waals surface area (Å²) in [5.74, 6) is -0.0519. The van der Waals surface area contributed by atoms with Gasteiger partial charge in [0.05, 0.1) is 0 Å². The summed E-state index contributed by atoms with van der Waals surface area (Å²) in [5, 5.41) is 2.76. The molecule has 1 rings (SSSR count). The van der Waals surface area contributed by atoms with E-state index in [2.05, 4.69) is 11.9 Å². The van der Waals surface area contributed by atoms with Gasteiger partial charge in [-0.3, -0.25) is 9.59 Å². The van der Waals surface area contributed by atoms with Crippen molar-refractivity contribution in [1.29, 1.82) is 0 Å². The lowest BCUT2D eigenvalue weighted by molar-refractivity contribution is -0.150. The minimum atomic E-state index is -0.377. The summed E-state index contributed by atoms with van der Waals surface area (Å²) < 4.78 is 0. The van der Waals surface area contributed by atoms with Crippen molar-refractivity contribution in [3.63, 3.8) is 0 Å². The van der Waals surface area contributed by atoms with E-state index in [0.29, 0.717) is 12.8 Å². The van der Waals surface area contributed by atoms with Gasteiger partial charge in [-0.2, -0.15) is 0 Å². The first kappa shape index (κ1) is 12.7. The summed E-state index contributed by atoms with van der Waals surface area (Å²) in [5.41, 5.74) is 0. The highest BCUT2D eigenvalue weighted by atomic mass is 16.2. The summed E-state index contributed by atoms with van der Waals surface area (Å²) in [6.07, 6.45) is 2.96. The van der Waals surface area contributed by atoms with Gasteiger partial charge in [0.2, 0.25) is 11.8 Å². The number of nitrogens with zero attached hydrogens (tertiary/aromatic N) is 1. The molecule has 0 radical (unpaired) electrons. The molecule has 1 aliphatic rings. The van der Waals surface area contributed by atoms with E-state index in [0.717, 1.165) is 0 Å². The molecule has 0 aromatic carbocycles. The third-order valence-electron chi connectivity index (χ3n) is 3.08. The number of rotatable bonds is 4. The first-order valence-electron chi connectivity index (χ1n) is 5.81. The normalized spacial score (nSPS) is 27.6. The van der Waals surface area contributed by atoms with E-state index in [1.165, 1.54) is 0 Å². The average molecular weight is 224 g/mol. The number of carbonyl (C=O) groups excluding carboxylic acids is 2. The first-order chi connectivity index (χ1) is 7.56. The van der Waals surface area contributed by atoms with Crippen LogP contribution in [0.25, 0.3) is 0 Å². The second-order valence-electron chi connectivity index (χ2n) is 4.12. The Morgan fingerprint density at radius 3 is 2.50 bits per heavy atom. The summed E-state index contributed by atoms with van der Waals surface area (Å²) in [6.45, 7) is 9.38. The number of carbonyl (C=O) groups is 2. The Balaban J connectivity index is 2.99. The molecule has 90 valence electrons. The highest BCUT2D eigenvalue weighted by Crippen LogP contribution is 2.18. The van der Waals surface area contributed by atoms with E-state index < -0.39 is 0 Å². The molecule has 2 amide bonds. The van der Waals surface area contributed by atoms with Crippen molar-refractivity contribution in [2.45, 2.75) is 51.7 Å². The van der Waals surface area contributed by atoms with Gasteiger partial charge in [0.1, 0.15) is 12.1 Å². The van der Waals surface area contributed by atoms with Gasteiger partial charge in [-0.1, -0.05) is 19.9 Å². The second-order valence-corrected chi connectivity index (χ2v) is 4.12. The molecule has 0 aromatic rings. The smallest absolute Gasteiger partial charge is 0.246 e. The summed E-state index contributed by atoms with van der Waals surface area (Å²) >= 11 is 0. The molecule has 3 unspecified atom stereocenters. The molecule has 1 fully saturated rings. The molecule has 1 heterocycles. The average Bonchev–Trinajstić information content (AvgIpc) is 2.29. The van der Waals surface area contributed by atoms with Gasteiger partial charge in [0, 0.05) is 6.04 Å². The SMILES string of the molecule is C=CC(C)N1C(=O)C(CC)NC(=O)C1CC. The summed E-state index contributed by atoms with van der Waals surface area (Å²) in [4.78, 5) is 25.6. The van der Waals surface area contributed by atoms with E-state index in [4.69, 9.17) is 0 Å². The van der Waals surface area contributed by atoms with Gasteiger partial charge in [0.25, 0.3) is 0 Å². The Kier molecular flexibility index (Phi) is 4.10. The standard InChI is InChI=1S/C12H20N2O2/c1-5-8(4)14-10(7-3)11(15)13-9(6-2)12(14)16/h5,8-10H,1,6-7H2,2-4H3,(H,13,15). The molecule has 1 saturated heterocycles. The first-order valence-corrected chi connectivity index (χ1v) is 5.81. The third-order valence-corrected chi connectivity index (χ3v) is 3.08. The number of piperazine rings is 1. The Hall–Kier alpha value is -1.32. The molecule has 4 nitrogen and oxygen atoms in total. The van der Waals surface area contributed by atoms with Crippen LogP contribution in [0.5, 0.6) is 0 Å². The molecular formula is C12H20N2O2. The van der Waals surface area contributed by atoms with Crippen molar-refractivity contribution in [1.82, 2.24) is 10.2 Å². The molecule has 3 atom stereocenters. The van der Waals surface area contributed by atoms with Crippen LogP contribution in [-0.4, -0.2) is 34.8 Å². The van der Waals surface area contributed by atoms with Gasteiger partial charge in [-0.05, 0) is 19.8 Å². The molecule has 0 aliphatic carbocycles. The predicted octanol–water partition coefficient (Wildman–Crippen LogP) is 1.08. The van der Waals surface area contributed by atoms with E-state index in [1.54, 1.807) is 11.0 Å². The monoisotopic (exact) mass is 224 g/mol. The predicted molar refractivity (Wildman–Crippen MR) is 62.8 cm³/mol. The third kappa shape index (κ3) is 2.10. The maximum atomic E-state index is 12.1. The maximum Gasteiger partial charge on any atom is 0.246 e. The number of nitrogens with one attached hydrogen (secondary N) is 1. The summed E-state index contributed by atoms with van der Waals surface area (Å²) in [7, 11) is 0. The zero-order chi connectivity index (χ0) is 12.3. The van der Waals surface area contributed by atoms with Crippen LogP contribution in [0.15, 0.2) is 12.7 Å². The lowest BCUT2D eigenvalue weighted by Crippen LogP contribution is -2.64. The van der Waals surface area contributed by atoms with E-state index >= 15 is 0 Å². The number of hydrogen-bond donors (Lipinski definition) is 1. The zero-order valence-electron chi connectivity index (χ0n) is 10.2. The molecule has 0 bridgehead atoms. The Labute approximate surface area is 96.7 Å². The Morgan fingerprint density at radius 1 is 1.44 bits per heavy atom. The van der Waals surface area contributed by atoms with Crippen LogP contribution in [-0.2, 0) is 9.59 Å². The van der Waals surface area contributed by atoms with Crippen molar-refractivity contribution in [2.24, 2.45) is 0 Å². The van der Waals surface area contributed by atoms with Gasteiger partial charge in [0.15, 0.2) is 0 Å². The highest BCUT2D eigenvalue weighted by molar-refractivity contribution is 5.97. The van der Waals surface area contributed by atoms with E-state index in [9.17, 15) is 9.59 Å². The zero-order valence-corrected chi connectivity index (χ0v) is 10.2. The topological polar surface area (TPSA) is 49.4 Å². The van der Waals surface area contributed by atoms with Gasteiger partial charge < -0.3 is 10.2 Å². The molecule has 1 N–H and O–H groups in total. The van der Waals surface area contributed by atoms with Crippen molar-refractivity contribution in [3.8, 4) is 0 Å². The van der Waals surface area contributed by atoms with Gasteiger partial charge in [-0.15, -0.1) is 6.58 Å². The Bertz CT molecular complexity index is 301. The number of amides is 2. The van der Waals surface area contributed by atoms with Crippen LogP contribution < -0.4 is 5.32 Å². The van der Waals surface area contributed by atoms with Gasteiger partial charge >= 0.3 is 0 Å². The minimum absolute atomic E-state index is 0.00125. The van der Waals surface area contributed by atoms with Crippen molar-refractivity contribution in [2.75, 3.05) is 0 Å². The fourth-order valence-electron chi connectivity index (χ4n) is 2.05. The van der Waals surface area contributed by atoms with E-state index in [1.807, 2.05) is 20.8 Å². The van der Waals surface area contributed by atoms with Crippen LogP contribution in [0.3, 0.4) is 0 Å². The van der Waals surface area contributed by atoms with Gasteiger partial charge in [-0.25, -0.2) is 0 Å². The van der Waals surface area contributed by atoms with Crippen LogP contribution in [0.1, 0.15) is 33.6 Å². The molecule has 4 heteroatoms.